The predicted octanol–water partition coefficient (Wildman–Crippen LogP) is 6.84. The number of hydrogen-bond acceptors (Lipinski definition) is 3. The Bertz CT molecular complexity index is 1190. The van der Waals surface area contributed by atoms with Gasteiger partial charge in [0, 0.05) is 37.4 Å². The van der Waals surface area contributed by atoms with E-state index in [1.165, 1.54) is 52.8 Å². The summed E-state index contributed by atoms with van der Waals surface area (Å²) >= 11 is 0. The van der Waals surface area contributed by atoms with Gasteiger partial charge in [-0.3, -0.25) is 4.90 Å². The molecular formula is C32H36N2O. The van der Waals surface area contributed by atoms with Gasteiger partial charge in [0.15, 0.2) is 0 Å². The van der Waals surface area contributed by atoms with Gasteiger partial charge in [0.2, 0.25) is 0 Å². The number of benzene rings is 3. The third kappa shape index (κ3) is 5.86. The lowest BCUT2D eigenvalue weighted by Crippen LogP contribution is -2.30. The topological polar surface area (TPSA) is 24.5 Å². The molecule has 5 rings (SSSR count). The second-order valence-electron chi connectivity index (χ2n) is 9.61. The van der Waals surface area contributed by atoms with E-state index >= 15 is 0 Å². The maximum Gasteiger partial charge on any atom is 0.119 e. The van der Waals surface area contributed by atoms with E-state index in [0.29, 0.717) is 0 Å². The summed E-state index contributed by atoms with van der Waals surface area (Å²) in [7, 11) is 1.75. The Morgan fingerprint density at radius 1 is 0.943 bits per heavy atom. The van der Waals surface area contributed by atoms with Crippen LogP contribution < -0.4 is 10.1 Å². The highest BCUT2D eigenvalue weighted by Gasteiger charge is 2.21. The molecule has 0 amide bonds. The fourth-order valence-electron chi connectivity index (χ4n) is 5.08. The van der Waals surface area contributed by atoms with E-state index in [2.05, 4.69) is 95.2 Å². The second-order valence-corrected chi connectivity index (χ2v) is 9.61. The third-order valence-corrected chi connectivity index (χ3v) is 7.22. The van der Waals surface area contributed by atoms with Gasteiger partial charge in [0.05, 0.1) is 7.11 Å². The minimum Gasteiger partial charge on any atom is -0.497 e. The Kier molecular flexibility index (Phi) is 7.65. The van der Waals surface area contributed by atoms with Crippen LogP contribution in [0, 0.1) is 0 Å². The van der Waals surface area contributed by atoms with Crippen LogP contribution in [0.1, 0.15) is 53.5 Å². The van der Waals surface area contributed by atoms with E-state index in [0.717, 1.165) is 44.8 Å². The van der Waals surface area contributed by atoms with Crippen LogP contribution in [0.2, 0.25) is 0 Å². The van der Waals surface area contributed by atoms with Gasteiger partial charge in [-0.15, -0.1) is 0 Å². The molecular weight excluding hydrogens is 428 g/mol. The van der Waals surface area contributed by atoms with E-state index in [4.69, 9.17) is 4.74 Å². The van der Waals surface area contributed by atoms with E-state index < -0.39 is 0 Å². The summed E-state index contributed by atoms with van der Waals surface area (Å²) in [5, 5.41) is 3.83. The highest BCUT2D eigenvalue weighted by atomic mass is 16.5. The minimum absolute atomic E-state index is 0.952. The van der Waals surface area contributed by atoms with E-state index in [1.807, 2.05) is 0 Å². The van der Waals surface area contributed by atoms with Crippen molar-refractivity contribution in [3.05, 3.63) is 112 Å². The van der Waals surface area contributed by atoms with Gasteiger partial charge in [0.25, 0.3) is 0 Å². The second kappa shape index (κ2) is 11.4. The van der Waals surface area contributed by atoms with Gasteiger partial charge in [0.1, 0.15) is 5.75 Å². The Morgan fingerprint density at radius 2 is 1.77 bits per heavy atom. The SMILES string of the molecule is COc1ccc2c(c1)CN(Cc1ccccc1C(NCC/C=C/c1ccccc1)=C1CCC1)CC2. The lowest BCUT2D eigenvalue weighted by molar-refractivity contribution is 0.244. The lowest BCUT2D eigenvalue weighted by Gasteiger charge is -2.31. The summed E-state index contributed by atoms with van der Waals surface area (Å²) in [6.45, 7) is 3.99. The average Bonchev–Trinajstić information content (AvgIpc) is 2.87. The van der Waals surface area contributed by atoms with Crippen LogP contribution in [-0.2, 0) is 19.5 Å². The van der Waals surface area contributed by atoms with Crippen molar-refractivity contribution < 1.29 is 4.74 Å². The number of hydrogen-bond donors (Lipinski definition) is 1. The molecule has 1 N–H and O–H groups in total. The van der Waals surface area contributed by atoms with Crippen molar-refractivity contribution in [2.75, 3.05) is 20.2 Å². The van der Waals surface area contributed by atoms with Gasteiger partial charge in [-0.05, 0) is 72.1 Å². The first-order valence-electron chi connectivity index (χ1n) is 12.9. The molecule has 35 heavy (non-hydrogen) atoms. The minimum atomic E-state index is 0.952. The smallest absolute Gasteiger partial charge is 0.119 e. The molecule has 1 fully saturated rings. The van der Waals surface area contributed by atoms with Crippen molar-refractivity contribution in [1.29, 1.82) is 0 Å². The van der Waals surface area contributed by atoms with Gasteiger partial charge in [-0.1, -0.05) is 72.8 Å². The van der Waals surface area contributed by atoms with Crippen molar-refractivity contribution in [3.8, 4) is 5.75 Å². The monoisotopic (exact) mass is 464 g/mol. The summed E-state index contributed by atoms with van der Waals surface area (Å²) in [5.74, 6) is 0.952. The van der Waals surface area contributed by atoms with E-state index in [1.54, 1.807) is 12.7 Å². The molecule has 0 bridgehead atoms. The quantitative estimate of drug-likeness (QED) is 0.351. The number of methoxy groups -OCH3 is 1. The lowest BCUT2D eigenvalue weighted by atomic mass is 9.87. The van der Waals surface area contributed by atoms with Crippen molar-refractivity contribution in [1.82, 2.24) is 10.2 Å². The summed E-state index contributed by atoms with van der Waals surface area (Å²) in [5.41, 5.74) is 9.87. The Morgan fingerprint density at radius 3 is 2.57 bits per heavy atom. The van der Waals surface area contributed by atoms with Crippen LogP contribution in [0.4, 0.5) is 0 Å². The summed E-state index contributed by atoms with van der Waals surface area (Å²) < 4.78 is 5.47. The van der Waals surface area contributed by atoms with E-state index in [-0.39, 0.29) is 0 Å². The number of fused-ring (bicyclic) bond motifs is 1. The standard InChI is InChI=1S/C32H36N2O/c1-35-30-18-17-26-19-21-34(24-29(26)22-30)23-28-13-5-6-16-31(28)32(27-14-9-15-27)33-20-8-7-12-25-10-3-2-4-11-25/h2-7,10-13,16-18,22,33H,8-9,14-15,19-21,23-24H2,1H3/b12-7+. The number of ether oxygens (including phenoxy) is 1. The molecule has 3 nitrogen and oxygen atoms in total. The van der Waals surface area contributed by atoms with Crippen LogP contribution in [0.15, 0.2) is 84.4 Å². The number of nitrogens with one attached hydrogen (secondary N) is 1. The molecule has 0 aromatic heterocycles. The molecule has 1 saturated carbocycles. The molecule has 0 saturated heterocycles. The Hall–Kier alpha value is -3.30. The van der Waals surface area contributed by atoms with Gasteiger partial charge in [-0.25, -0.2) is 0 Å². The first kappa shape index (κ1) is 23.4. The van der Waals surface area contributed by atoms with Crippen LogP contribution in [-0.4, -0.2) is 25.1 Å². The molecule has 1 aliphatic carbocycles. The molecule has 1 heterocycles. The van der Waals surface area contributed by atoms with Crippen LogP contribution in [0.5, 0.6) is 5.75 Å². The number of allylic oxidation sites excluding steroid dienone is 1. The number of rotatable bonds is 9. The molecule has 0 radical (unpaired) electrons. The summed E-state index contributed by atoms with van der Waals surface area (Å²) in [4.78, 5) is 2.58. The predicted molar refractivity (Wildman–Crippen MR) is 146 cm³/mol. The Balaban J connectivity index is 1.27. The molecule has 3 aromatic carbocycles. The fraction of sp³-hybridized carbons (Fsp3) is 0.312. The summed E-state index contributed by atoms with van der Waals surface area (Å²) in [6.07, 6.45) is 10.3. The van der Waals surface area contributed by atoms with Gasteiger partial charge >= 0.3 is 0 Å². The maximum atomic E-state index is 5.47. The van der Waals surface area contributed by atoms with Crippen LogP contribution in [0.3, 0.4) is 0 Å². The molecule has 3 heteroatoms. The molecule has 0 unspecified atom stereocenters. The van der Waals surface area contributed by atoms with E-state index in [9.17, 15) is 0 Å². The zero-order valence-corrected chi connectivity index (χ0v) is 20.8. The van der Waals surface area contributed by atoms with Crippen molar-refractivity contribution in [3.63, 3.8) is 0 Å². The van der Waals surface area contributed by atoms with Gasteiger partial charge in [-0.2, -0.15) is 0 Å². The first-order valence-corrected chi connectivity index (χ1v) is 12.9. The highest BCUT2D eigenvalue weighted by molar-refractivity contribution is 5.70. The zero-order valence-electron chi connectivity index (χ0n) is 20.8. The third-order valence-electron chi connectivity index (χ3n) is 7.22. The first-order chi connectivity index (χ1) is 17.3. The molecule has 3 aromatic rings. The fourth-order valence-corrected chi connectivity index (χ4v) is 5.08. The normalized spacial score (nSPS) is 15.5. The highest BCUT2D eigenvalue weighted by Crippen LogP contribution is 2.34. The molecule has 180 valence electrons. The largest absolute Gasteiger partial charge is 0.497 e. The van der Waals surface area contributed by atoms with Crippen LogP contribution in [0.25, 0.3) is 11.8 Å². The zero-order chi connectivity index (χ0) is 23.9. The Labute approximate surface area is 210 Å². The molecule has 2 aliphatic rings. The maximum absolute atomic E-state index is 5.47. The molecule has 1 aliphatic heterocycles. The van der Waals surface area contributed by atoms with Crippen molar-refractivity contribution in [2.45, 2.75) is 45.2 Å². The molecule has 0 spiro atoms. The van der Waals surface area contributed by atoms with Gasteiger partial charge < -0.3 is 10.1 Å². The molecule has 0 atom stereocenters. The number of nitrogens with zero attached hydrogens (tertiary/aromatic N) is 1. The summed E-state index contributed by atoms with van der Waals surface area (Å²) in [6, 6.07) is 26.1. The average molecular weight is 465 g/mol. The van der Waals surface area contributed by atoms with Crippen molar-refractivity contribution in [2.24, 2.45) is 0 Å². The van der Waals surface area contributed by atoms with Crippen LogP contribution >= 0.6 is 0 Å². The van der Waals surface area contributed by atoms with Crippen molar-refractivity contribution >= 4 is 11.8 Å².